The number of aromatic nitrogens is 5. The minimum Gasteiger partial charge on any atom is -0.383 e. The molecule has 2 heterocycles. The van der Waals surface area contributed by atoms with Gasteiger partial charge in [0.25, 0.3) is 0 Å². The van der Waals surface area contributed by atoms with E-state index < -0.39 is 0 Å². The van der Waals surface area contributed by atoms with Crippen LogP contribution < -0.4 is 0 Å². The van der Waals surface area contributed by atoms with Crippen molar-refractivity contribution in [3.8, 4) is 0 Å². The lowest BCUT2D eigenvalue weighted by Gasteiger charge is -2.01. The Labute approximate surface area is 127 Å². The molecule has 0 saturated heterocycles. The number of methoxy groups -OCH3 is 1. The summed E-state index contributed by atoms with van der Waals surface area (Å²) in [6.45, 7) is 3.15. The van der Waals surface area contributed by atoms with Gasteiger partial charge in [-0.3, -0.25) is 4.79 Å². The first-order valence-corrected chi connectivity index (χ1v) is 7.03. The Kier molecular flexibility index (Phi) is 3.97. The van der Waals surface area contributed by atoms with E-state index in [4.69, 9.17) is 4.74 Å². The van der Waals surface area contributed by atoms with Crippen molar-refractivity contribution in [2.45, 2.75) is 20.0 Å². The van der Waals surface area contributed by atoms with Crippen molar-refractivity contribution in [2.75, 3.05) is 13.7 Å². The average Bonchev–Trinajstić information content (AvgIpc) is 3.11. The van der Waals surface area contributed by atoms with Crippen molar-refractivity contribution < 1.29 is 9.53 Å². The highest BCUT2D eigenvalue weighted by molar-refractivity contribution is 6.06. The van der Waals surface area contributed by atoms with E-state index in [0.29, 0.717) is 31.1 Å². The number of para-hydroxylation sites is 1. The smallest absolute Gasteiger partial charge is 0.194 e. The number of hydrogen-bond acceptors (Lipinski definition) is 5. The molecular formula is C15H17N5O2. The molecule has 0 unspecified atom stereocenters. The van der Waals surface area contributed by atoms with Gasteiger partial charge in [0.1, 0.15) is 0 Å². The third kappa shape index (κ3) is 2.75. The molecular weight excluding hydrogens is 282 g/mol. The molecule has 0 N–H and O–H groups in total. The van der Waals surface area contributed by atoms with Crippen LogP contribution in [0.2, 0.25) is 0 Å². The minimum atomic E-state index is 0.0478. The predicted molar refractivity (Wildman–Crippen MR) is 80.7 cm³/mol. The first kappa shape index (κ1) is 14.4. The van der Waals surface area contributed by atoms with E-state index in [1.807, 2.05) is 35.0 Å². The molecule has 0 fully saturated rings. The molecule has 0 amide bonds. The molecule has 1 aromatic carbocycles. The van der Waals surface area contributed by atoms with Crippen LogP contribution >= 0.6 is 0 Å². The van der Waals surface area contributed by atoms with Gasteiger partial charge in [-0.15, -0.1) is 10.2 Å². The normalized spacial score (nSPS) is 11.2. The number of rotatable bonds is 6. The lowest BCUT2D eigenvalue weighted by atomic mass is 10.1. The number of ether oxygens (including phenoxy) is 1. The summed E-state index contributed by atoms with van der Waals surface area (Å²) in [6.07, 6.45) is 1.85. The summed E-state index contributed by atoms with van der Waals surface area (Å²) in [5, 5.41) is 13.3. The molecule has 0 bridgehead atoms. The maximum Gasteiger partial charge on any atom is 0.194 e. The molecule has 0 aliphatic carbocycles. The average molecular weight is 299 g/mol. The van der Waals surface area contributed by atoms with Gasteiger partial charge in [0.05, 0.1) is 19.7 Å². The number of tetrazole rings is 1. The topological polar surface area (TPSA) is 74.8 Å². The summed E-state index contributed by atoms with van der Waals surface area (Å²) >= 11 is 0. The van der Waals surface area contributed by atoms with Crippen LogP contribution in [-0.4, -0.2) is 44.3 Å². The van der Waals surface area contributed by atoms with Crippen LogP contribution in [0.15, 0.2) is 30.5 Å². The number of benzene rings is 1. The Bertz CT molecular complexity index is 805. The summed E-state index contributed by atoms with van der Waals surface area (Å²) in [5.41, 5.74) is 1.70. The molecule has 7 nitrogen and oxygen atoms in total. The second-order valence-corrected chi connectivity index (χ2v) is 5.04. The van der Waals surface area contributed by atoms with Crippen LogP contribution in [0.3, 0.4) is 0 Å². The van der Waals surface area contributed by atoms with Crippen LogP contribution in [0.4, 0.5) is 0 Å². The third-order valence-corrected chi connectivity index (χ3v) is 3.47. The molecule has 3 rings (SSSR count). The Morgan fingerprint density at radius 1 is 1.32 bits per heavy atom. The summed E-state index contributed by atoms with van der Waals surface area (Å²) in [5.74, 6) is 0.651. The molecule has 0 aliphatic rings. The zero-order valence-corrected chi connectivity index (χ0v) is 12.6. The number of nitrogens with zero attached hydrogens (tertiary/aromatic N) is 5. The van der Waals surface area contributed by atoms with E-state index in [-0.39, 0.29) is 5.78 Å². The van der Waals surface area contributed by atoms with Crippen LogP contribution in [0.25, 0.3) is 10.9 Å². The molecule has 114 valence electrons. The molecule has 22 heavy (non-hydrogen) atoms. The second-order valence-electron chi connectivity index (χ2n) is 5.04. The van der Waals surface area contributed by atoms with Gasteiger partial charge in [-0.1, -0.05) is 18.2 Å². The van der Waals surface area contributed by atoms with Gasteiger partial charge in [-0.25, -0.2) is 0 Å². The van der Waals surface area contributed by atoms with E-state index in [1.165, 1.54) is 4.80 Å². The fourth-order valence-corrected chi connectivity index (χ4v) is 2.42. The highest BCUT2D eigenvalue weighted by Gasteiger charge is 2.13. The van der Waals surface area contributed by atoms with Gasteiger partial charge in [0, 0.05) is 29.8 Å². The van der Waals surface area contributed by atoms with Gasteiger partial charge >= 0.3 is 0 Å². The Morgan fingerprint density at radius 2 is 2.14 bits per heavy atom. The number of carbonyl (C=O) groups excluding carboxylic acids is 1. The molecule has 7 heteroatoms. The molecule has 0 atom stereocenters. The Morgan fingerprint density at radius 3 is 2.91 bits per heavy atom. The summed E-state index contributed by atoms with van der Waals surface area (Å²) in [7, 11) is 1.63. The zero-order valence-electron chi connectivity index (χ0n) is 12.6. The number of Topliss-reactive ketones (excluding diaryl/α,β-unsaturated/α-hetero) is 1. The first-order valence-electron chi connectivity index (χ1n) is 7.03. The third-order valence-electron chi connectivity index (χ3n) is 3.47. The van der Waals surface area contributed by atoms with E-state index >= 15 is 0 Å². The van der Waals surface area contributed by atoms with Crippen molar-refractivity contribution in [2.24, 2.45) is 0 Å². The second kappa shape index (κ2) is 6.07. The van der Waals surface area contributed by atoms with Gasteiger partial charge in [-0.2, -0.15) is 4.80 Å². The first-order chi connectivity index (χ1) is 10.7. The SMILES string of the molecule is COCCn1nnc(Cn2cc(C(C)=O)c3ccccc32)n1. The molecule has 0 radical (unpaired) electrons. The minimum absolute atomic E-state index is 0.0478. The maximum absolute atomic E-state index is 11.8. The van der Waals surface area contributed by atoms with E-state index in [9.17, 15) is 4.79 Å². The summed E-state index contributed by atoms with van der Waals surface area (Å²) < 4.78 is 6.97. The monoisotopic (exact) mass is 299 g/mol. The van der Waals surface area contributed by atoms with Crippen LogP contribution in [-0.2, 0) is 17.8 Å². The van der Waals surface area contributed by atoms with E-state index in [2.05, 4.69) is 15.4 Å². The maximum atomic E-state index is 11.8. The Hall–Kier alpha value is -2.54. The van der Waals surface area contributed by atoms with Crippen LogP contribution in [0, 0.1) is 0 Å². The largest absolute Gasteiger partial charge is 0.383 e. The quantitative estimate of drug-likeness (QED) is 0.645. The van der Waals surface area contributed by atoms with Gasteiger partial charge in [-0.05, 0) is 18.2 Å². The fraction of sp³-hybridized carbons (Fsp3) is 0.333. The highest BCUT2D eigenvalue weighted by Crippen LogP contribution is 2.22. The lowest BCUT2D eigenvalue weighted by Crippen LogP contribution is -2.08. The standard InChI is InChI=1S/C15H17N5O2/c1-11(21)13-9-19(14-6-4-3-5-12(13)14)10-15-16-18-20(17-15)7-8-22-2/h3-6,9H,7-8,10H2,1-2H3. The number of fused-ring (bicyclic) bond motifs is 1. The van der Waals surface area contributed by atoms with Crippen LogP contribution in [0.5, 0.6) is 0 Å². The molecule has 0 aliphatic heterocycles. The van der Waals surface area contributed by atoms with Crippen molar-refractivity contribution in [3.63, 3.8) is 0 Å². The van der Waals surface area contributed by atoms with Crippen LogP contribution in [0.1, 0.15) is 23.1 Å². The molecule has 2 aromatic heterocycles. The van der Waals surface area contributed by atoms with Gasteiger partial charge < -0.3 is 9.30 Å². The predicted octanol–water partition coefficient (Wildman–Crippen LogP) is 1.53. The fourth-order valence-electron chi connectivity index (χ4n) is 2.42. The number of hydrogen-bond donors (Lipinski definition) is 0. The van der Waals surface area contributed by atoms with Crippen molar-refractivity contribution in [3.05, 3.63) is 41.9 Å². The number of carbonyl (C=O) groups is 1. The van der Waals surface area contributed by atoms with Crippen molar-refractivity contribution >= 4 is 16.7 Å². The summed E-state index contributed by atoms with van der Waals surface area (Å²) in [4.78, 5) is 13.3. The van der Waals surface area contributed by atoms with Gasteiger partial charge in [0.2, 0.25) is 0 Å². The highest BCUT2D eigenvalue weighted by atomic mass is 16.5. The van der Waals surface area contributed by atoms with Gasteiger partial charge in [0.15, 0.2) is 11.6 Å². The van der Waals surface area contributed by atoms with Crippen molar-refractivity contribution in [1.82, 2.24) is 24.8 Å². The van der Waals surface area contributed by atoms with E-state index in [0.717, 1.165) is 10.9 Å². The molecule has 0 saturated carbocycles. The molecule has 0 spiro atoms. The number of ketones is 1. The zero-order chi connectivity index (χ0) is 15.5. The Balaban J connectivity index is 1.90. The molecule has 3 aromatic rings. The summed E-state index contributed by atoms with van der Waals surface area (Å²) in [6, 6.07) is 7.81. The van der Waals surface area contributed by atoms with Crippen molar-refractivity contribution in [1.29, 1.82) is 0 Å². The lowest BCUT2D eigenvalue weighted by molar-refractivity contribution is 0.101. The van der Waals surface area contributed by atoms with E-state index in [1.54, 1.807) is 14.0 Å².